The molecule has 1 unspecified atom stereocenters. The van der Waals surface area contributed by atoms with E-state index < -0.39 is 11.9 Å². The lowest BCUT2D eigenvalue weighted by molar-refractivity contribution is -0.143. The van der Waals surface area contributed by atoms with E-state index in [1.165, 1.54) is 11.8 Å². The quantitative estimate of drug-likeness (QED) is 0.593. The third kappa shape index (κ3) is 3.23. The van der Waals surface area contributed by atoms with Crippen LogP contribution < -0.4 is 5.32 Å². The zero-order valence-corrected chi connectivity index (χ0v) is 8.52. The first kappa shape index (κ1) is 11.5. The molecule has 1 heterocycles. The van der Waals surface area contributed by atoms with Crippen LogP contribution in [0.2, 0.25) is 0 Å². The first-order valence-electron chi connectivity index (χ1n) is 4.78. The van der Waals surface area contributed by atoms with Crippen LogP contribution in [0.3, 0.4) is 0 Å². The van der Waals surface area contributed by atoms with Gasteiger partial charge in [0.1, 0.15) is 6.42 Å². The molecule has 0 saturated carbocycles. The summed E-state index contributed by atoms with van der Waals surface area (Å²) in [5.41, 5.74) is 0. The Morgan fingerprint density at radius 3 is 2.87 bits per heavy atom. The maximum Gasteiger partial charge on any atom is 0.308 e. The van der Waals surface area contributed by atoms with E-state index in [1.54, 1.807) is 0 Å². The van der Waals surface area contributed by atoms with Gasteiger partial charge in [-0.2, -0.15) is 0 Å². The molecule has 1 aliphatic rings. The average Bonchev–Trinajstić information content (AvgIpc) is 2.28. The predicted octanol–water partition coefficient (Wildman–Crippen LogP) is -0.944. The van der Waals surface area contributed by atoms with Gasteiger partial charge in [0.05, 0.1) is 5.92 Å². The highest BCUT2D eigenvalue weighted by molar-refractivity contribution is 5.97. The Bertz CT molecular complexity index is 290. The molecule has 0 aromatic rings. The fraction of sp³-hybridized carbons (Fsp3) is 0.667. The summed E-state index contributed by atoms with van der Waals surface area (Å²) in [6, 6.07) is 0. The first-order chi connectivity index (χ1) is 7.00. The molecule has 0 aromatic carbocycles. The highest BCUT2D eigenvalue weighted by Gasteiger charge is 2.24. The third-order valence-corrected chi connectivity index (χ3v) is 2.28. The predicted molar refractivity (Wildman–Crippen MR) is 51.0 cm³/mol. The second-order valence-electron chi connectivity index (χ2n) is 3.61. The summed E-state index contributed by atoms with van der Waals surface area (Å²) in [5, 5.41) is 11.3. The van der Waals surface area contributed by atoms with Crippen molar-refractivity contribution < 1.29 is 19.5 Å². The van der Waals surface area contributed by atoms with Gasteiger partial charge in [0.2, 0.25) is 11.8 Å². The Morgan fingerprint density at radius 2 is 2.27 bits per heavy atom. The number of nitrogens with one attached hydrogen (secondary N) is 1. The summed E-state index contributed by atoms with van der Waals surface area (Å²) >= 11 is 0. The minimum atomic E-state index is -0.939. The van der Waals surface area contributed by atoms with Gasteiger partial charge >= 0.3 is 5.97 Å². The second-order valence-corrected chi connectivity index (χ2v) is 3.61. The topological polar surface area (TPSA) is 86.7 Å². The van der Waals surface area contributed by atoms with E-state index in [9.17, 15) is 14.4 Å². The Morgan fingerprint density at radius 1 is 1.60 bits per heavy atom. The number of nitrogens with zero attached hydrogens (tertiary/aromatic N) is 1. The normalized spacial score (nSPS) is 19.4. The summed E-state index contributed by atoms with van der Waals surface area (Å²) < 4.78 is 0. The maximum atomic E-state index is 11.5. The van der Waals surface area contributed by atoms with E-state index in [4.69, 9.17) is 5.11 Å². The minimum Gasteiger partial charge on any atom is -0.481 e. The van der Waals surface area contributed by atoms with Crippen molar-refractivity contribution >= 4 is 17.8 Å². The molecule has 1 rings (SSSR count). The molecule has 2 N–H and O–H groups in total. The van der Waals surface area contributed by atoms with E-state index in [0.717, 1.165) is 0 Å². The summed E-state index contributed by atoms with van der Waals surface area (Å²) in [6.07, 6.45) is -0.188. The van der Waals surface area contributed by atoms with Crippen LogP contribution in [-0.2, 0) is 14.4 Å². The molecule has 1 saturated heterocycles. The fourth-order valence-electron chi connectivity index (χ4n) is 1.37. The summed E-state index contributed by atoms with van der Waals surface area (Å²) in [4.78, 5) is 34.5. The Hall–Kier alpha value is -1.59. The number of hydrogen-bond donors (Lipinski definition) is 2. The van der Waals surface area contributed by atoms with Crippen LogP contribution in [0.5, 0.6) is 0 Å². The Balaban J connectivity index is 2.57. The highest BCUT2D eigenvalue weighted by atomic mass is 16.4. The van der Waals surface area contributed by atoms with Crippen LogP contribution >= 0.6 is 0 Å². The molecular weight excluding hydrogens is 200 g/mol. The van der Waals surface area contributed by atoms with E-state index in [2.05, 4.69) is 5.32 Å². The van der Waals surface area contributed by atoms with Crippen LogP contribution in [0.15, 0.2) is 0 Å². The van der Waals surface area contributed by atoms with Gasteiger partial charge in [0.25, 0.3) is 0 Å². The molecule has 1 aliphatic heterocycles. The standard InChI is InChI=1S/C9H14N2O4/c1-6(9(14)15)5-11-3-2-10-7(12)4-8(11)13/h6H,2-5H2,1H3,(H,10,12)(H,14,15). The van der Waals surface area contributed by atoms with Gasteiger partial charge in [0, 0.05) is 19.6 Å². The number of carboxylic acids is 1. The Kier molecular flexibility index (Phi) is 3.65. The summed E-state index contributed by atoms with van der Waals surface area (Å²) in [7, 11) is 0. The van der Waals surface area contributed by atoms with Gasteiger partial charge in [-0.3, -0.25) is 14.4 Å². The number of carboxylic acid groups (broad SMARTS) is 1. The van der Waals surface area contributed by atoms with Gasteiger partial charge in [-0.05, 0) is 0 Å². The largest absolute Gasteiger partial charge is 0.481 e. The minimum absolute atomic E-state index is 0.156. The number of amides is 2. The molecular formula is C9H14N2O4. The molecule has 6 nitrogen and oxygen atoms in total. The zero-order chi connectivity index (χ0) is 11.4. The maximum absolute atomic E-state index is 11.5. The molecule has 0 radical (unpaired) electrons. The number of rotatable bonds is 3. The first-order valence-corrected chi connectivity index (χ1v) is 4.78. The van der Waals surface area contributed by atoms with Crippen molar-refractivity contribution in [2.75, 3.05) is 19.6 Å². The molecule has 1 fully saturated rings. The molecule has 0 spiro atoms. The van der Waals surface area contributed by atoms with Crippen LogP contribution in [0, 0.1) is 5.92 Å². The highest BCUT2D eigenvalue weighted by Crippen LogP contribution is 2.04. The Labute approximate surface area is 87.2 Å². The smallest absolute Gasteiger partial charge is 0.308 e. The average molecular weight is 214 g/mol. The summed E-state index contributed by atoms with van der Waals surface area (Å²) in [6.45, 7) is 2.46. The lowest BCUT2D eigenvalue weighted by atomic mass is 10.1. The van der Waals surface area contributed by atoms with Crippen molar-refractivity contribution in [3.8, 4) is 0 Å². The van der Waals surface area contributed by atoms with Crippen molar-refractivity contribution in [3.05, 3.63) is 0 Å². The number of carbonyl (C=O) groups excluding carboxylic acids is 2. The molecule has 2 amide bonds. The van der Waals surface area contributed by atoms with Crippen molar-refractivity contribution in [2.24, 2.45) is 5.92 Å². The number of hydrogen-bond acceptors (Lipinski definition) is 3. The lowest BCUT2D eigenvalue weighted by Crippen LogP contribution is -2.37. The van der Waals surface area contributed by atoms with E-state index in [1.807, 2.05) is 0 Å². The third-order valence-electron chi connectivity index (χ3n) is 2.28. The molecule has 15 heavy (non-hydrogen) atoms. The zero-order valence-electron chi connectivity index (χ0n) is 8.52. The fourth-order valence-corrected chi connectivity index (χ4v) is 1.37. The molecule has 1 atom stereocenters. The van der Waals surface area contributed by atoms with Crippen molar-refractivity contribution in [1.29, 1.82) is 0 Å². The van der Waals surface area contributed by atoms with Gasteiger partial charge < -0.3 is 15.3 Å². The van der Waals surface area contributed by atoms with E-state index in [0.29, 0.717) is 13.1 Å². The van der Waals surface area contributed by atoms with Gasteiger partial charge in [-0.1, -0.05) is 6.92 Å². The lowest BCUT2D eigenvalue weighted by Gasteiger charge is -2.21. The number of aliphatic carboxylic acids is 1. The van der Waals surface area contributed by atoms with Crippen molar-refractivity contribution in [2.45, 2.75) is 13.3 Å². The molecule has 84 valence electrons. The van der Waals surface area contributed by atoms with Crippen molar-refractivity contribution in [1.82, 2.24) is 10.2 Å². The second kappa shape index (κ2) is 4.77. The van der Waals surface area contributed by atoms with Gasteiger partial charge in [-0.15, -0.1) is 0 Å². The summed E-state index contributed by atoms with van der Waals surface area (Å²) in [5.74, 6) is -2.16. The van der Waals surface area contributed by atoms with Crippen molar-refractivity contribution in [3.63, 3.8) is 0 Å². The number of carbonyl (C=O) groups is 3. The van der Waals surface area contributed by atoms with Gasteiger partial charge in [0.15, 0.2) is 0 Å². The van der Waals surface area contributed by atoms with E-state index in [-0.39, 0.29) is 24.8 Å². The molecule has 0 aromatic heterocycles. The van der Waals surface area contributed by atoms with Gasteiger partial charge in [-0.25, -0.2) is 0 Å². The molecule has 0 aliphatic carbocycles. The molecule has 0 bridgehead atoms. The van der Waals surface area contributed by atoms with E-state index >= 15 is 0 Å². The van der Waals surface area contributed by atoms with Crippen LogP contribution in [0.4, 0.5) is 0 Å². The van der Waals surface area contributed by atoms with Crippen LogP contribution in [0.25, 0.3) is 0 Å². The molecule has 6 heteroatoms. The van der Waals surface area contributed by atoms with Crippen LogP contribution in [-0.4, -0.2) is 47.4 Å². The monoisotopic (exact) mass is 214 g/mol. The SMILES string of the molecule is CC(CN1CCNC(=O)CC1=O)C(=O)O. The van der Waals surface area contributed by atoms with Crippen LogP contribution in [0.1, 0.15) is 13.3 Å².